The van der Waals surface area contributed by atoms with Crippen molar-refractivity contribution in [1.29, 1.82) is 0 Å². The first kappa shape index (κ1) is 31.4. The number of hydrogen-bond acceptors (Lipinski definition) is 3. The van der Waals surface area contributed by atoms with Crippen LogP contribution >= 0.6 is 11.3 Å². The molecule has 10 aromatic rings. The van der Waals surface area contributed by atoms with Crippen molar-refractivity contribution in [3.05, 3.63) is 216 Å². The van der Waals surface area contributed by atoms with Crippen LogP contribution in [0.15, 0.2) is 194 Å². The van der Waals surface area contributed by atoms with E-state index in [1.165, 1.54) is 64.7 Å². The molecule has 12 rings (SSSR count). The third-order valence-corrected chi connectivity index (χ3v) is 13.1. The maximum Gasteiger partial charge on any atom is 0.162 e. The van der Waals surface area contributed by atoms with Crippen LogP contribution in [0.5, 0.6) is 0 Å². The molecule has 2 heterocycles. The monoisotopic (exact) mass is 728 g/mol. The lowest BCUT2D eigenvalue weighted by molar-refractivity contribution is 0.794. The molecule has 0 saturated carbocycles. The van der Waals surface area contributed by atoms with Gasteiger partial charge in [-0.05, 0) is 73.8 Å². The quantitative estimate of drug-likeness (QED) is 0.180. The molecule has 0 atom stereocenters. The molecule has 0 amide bonds. The van der Waals surface area contributed by atoms with Gasteiger partial charge in [0.15, 0.2) is 5.82 Å². The van der Waals surface area contributed by atoms with Gasteiger partial charge < -0.3 is 0 Å². The zero-order valence-electron chi connectivity index (χ0n) is 30.3. The van der Waals surface area contributed by atoms with Gasteiger partial charge in [-0.3, -0.25) is 0 Å². The molecule has 2 aliphatic rings. The predicted molar refractivity (Wildman–Crippen MR) is 233 cm³/mol. The van der Waals surface area contributed by atoms with Gasteiger partial charge in [0.2, 0.25) is 0 Å². The standard InChI is InChI=1S/C53H32N2S/c1-3-15-33(16-4-1)47-32-48(34-17-5-2-6-18-34)55-52(54-47)50-36(29-30-42-41-22-10-14-26-49(41)56-51(42)50)35-27-28-40-39-21-9-13-25-45(39)53(46(40)31-35)43-23-11-7-19-37(43)38-20-8-12-24-44(38)53/h1-32H. The Hall–Kier alpha value is -6.94. The summed E-state index contributed by atoms with van der Waals surface area (Å²) in [5.41, 5.74) is 17.4. The zero-order valence-corrected chi connectivity index (χ0v) is 31.1. The number of aromatic nitrogens is 2. The summed E-state index contributed by atoms with van der Waals surface area (Å²) in [4.78, 5) is 10.9. The van der Waals surface area contributed by atoms with Crippen LogP contribution in [0.2, 0.25) is 0 Å². The van der Waals surface area contributed by atoms with Gasteiger partial charge in [-0.15, -0.1) is 11.3 Å². The maximum absolute atomic E-state index is 5.44. The summed E-state index contributed by atoms with van der Waals surface area (Å²) in [6.07, 6.45) is 0. The minimum absolute atomic E-state index is 0.429. The largest absolute Gasteiger partial charge is 0.228 e. The summed E-state index contributed by atoms with van der Waals surface area (Å²) >= 11 is 1.83. The number of thiophene rings is 1. The van der Waals surface area contributed by atoms with Crippen molar-refractivity contribution in [2.75, 3.05) is 0 Å². The Labute approximate surface area is 329 Å². The number of rotatable bonds is 4. The van der Waals surface area contributed by atoms with Crippen molar-refractivity contribution in [2.45, 2.75) is 5.41 Å². The molecule has 1 spiro atoms. The lowest BCUT2D eigenvalue weighted by atomic mass is 9.70. The SMILES string of the molecule is c1ccc(-c2cc(-c3ccccc3)nc(-c3c(-c4ccc5c(c4)C4(c6ccccc6-c6ccccc64)c4ccccc4-5)ccc4c3sc3ccccc34)n2)cc1. The maximum atomic E-state index is 5.44. The molecule has 2 nitrogen and oxygen atoms in total. The molecule has 0 bridgehead atoms. The molecule has 8 aromatic carbocycles. The number of fused-ring (bicyclic) bond motifs is 13. The lowest BCUT2D eigenvalue weighted by Gasteiger charge is -2.30. The minimum atomic E-state index is -0.429. The molecule has 2 aromatic heterocycles. The fourth-order valence-corrected chi connectivity index (χ4v) is 10.8. The van der Waals surface area contributed by atoms with Gasteiger partial charge in [0, 0.05) is 36.9 Å². The van der Waals surface area contributed by atoms with Crippen LogP contribution < -0.4 is 0 Å². The van der Waals surface area contributed by atoms with Crippen LogP contribution in [0.4, 0.5) is 0 Å². The topological polar surface area (TPSA) is 25.8 Å². The van der Waals surface area contributed by atoms with Crippen molar-refractivity contribution >= 4 is 31.5 Å². The van der Waals surface area contributed by atoms with Crippen molar-refractivity contribution < 1.29 is 0 Å². The second-order valence-corrected chi connectivity index (χ2v) is 15.9. The molecule has 2 aliphatic carbocycles. The van der Waals surface area contributed by atoms with Crippen LogP contribution in [-0.2, 0) is 5.41 Å². The molecule has 0 saturated heterocycles. The molecule has 0 fully saturated rings. The van der Waals surface area contributed by atoms with Crippen molar-refractivity contribution in [3.8, 4) is 67.3 Å². The third kappa shape index (κ3) is 4.38. The highest BCUT2D eigenvalue weighted by Gasteiger charge is 2.51. The van der Waals surface area contributed by atoms with Gasteiger partial charge >= 0.3 is 0 Å². The molecule has 260 valence electrons. The van der Waals surface area contributed by atoms with E-state index >= 15 is 0 Å². The molecule has 0 unspecified atom stereocenters. The molecular weight excluding hydrogens is 697 g/mol. The van der Waals surface area contributed by atoms with Crippen LogP contribution in [0.1, 0.15) is 22.3 Å². The summed E-state index contributed by atoms with van der Waals surface area (Å²) < 4.78 is 2.45. The van der Waals surface area contributed by atoms with E-state index in [-0.39, 0.29) is 0 Å². The van der Waals surface area contributed by atoms with E-state index in [1.54, 1.807) is 0 Å². The number of hydrogen-bond donors (Lipinski definition) is 0. The Morgan fingerprint density at radius 3 is 1.46 bits per heavy atom. The number of nitrogens with zero attached hydrogens (tertiary/aromatic N) is 2. The Morgan fingerprint density at radius 1 is 0.357 bits per heavy atom. The first-order valence-corrected chi connectivity index (χ1v) is 20.0. The zero-order chi connectivity index (χ0) is 36.8. The fourth-order valence-electron chi connectivity index (χ4n) is 9.59. The summed E-state index contributed by atoms with van der Waals surface area (Å²) in [6, 6.07) is 70.6. The molecule has 3 heteroatoms. The summed E-state index contributed by atoms with van der Waals surface area (Å²) in [5, 5.41) is 2.48. The van der Waals surface area contributed by atoms with Gasteiger partial charge in [-0.25, -0.2) is 9.97 Å². The average molecular weight is 729 g/mol. The van der Waals surface area contributed by atoms with E-state index in [9.17, 15) is 0 Å². The Morgan fingerprint density at radius 2 is 0.857 bits per heavy atom. The van der Waals surface area contributed by atoms with E-state index in [2.05, 4.69) is 194 Å². The van der Waals surface area contributed by atoms with E-state index in [1.807, 2.05) is 11.3 Å². The molecule has 0 N–H and O–H groups in total. The van der Waals surface area contributed by atoms with Crippen LogP contribution in [0, 0.1) is 0 Å². The molecule has 56 heavy (non-hydrogen) atoms. The van der Waals surface area contributed by atoms with Crippen LogP contribution in [0.25, 0.3) is 87.5 Å². The summed E-state index contributed by atoms with van der Waals surface area (Å²) in [7, 11) is 0. The van der Waals surface area contributed by atoms with Crippen LogP contribution in [0.3, 0.4) is 0 Å². The second-order valence-electron chi connectivity index (χ2n) is 14.8. The normalized spacial score (nSPS) is 13.1. The van der Waals surface area contributed by atoms with Gasteiger partial charge in [-0.1, -0.05) is 176 Å². The second kappa shape index (κ2) is 12.0. The van der Waals surface area contributed by atoms with E-state index in [0.717, 1.165) is 45.0 Å². The summed E-state index contributed by atoms with van der Waals surface area (Å²) in [6.45, 7) is 0. The Bertz CT molecular complexity index is 3080. The first-order valence-electron chi connectivity index (χ1n) is 19.2. The fraction of sp³-hybridized carbons (Fsp3) is 0.0189. The molecular formula is C53H32N2S. The van der Waals surface area contributed by atoms with Gasteiger partial charge in [0.25, 0.3) is 0 Å². The highest BCUT2D eigenvalue weighted by molar-refractivity contribution is 7.26. The Balaban J connectivity index is 1.17. The molecule has 0 radical (unpaired) electrons. The van der Waals surface area contributed by atoms with E-state index in [0.29, 0.717) is 0 Å². The lowest BCUT2D eigenvalue weighted by Crippen LogP contribution is -2.25. The Kier molecular flexibility index (Phi) is 6.75. The van der Waals surface area contributed by atoms with Gasteiger partial charge in [-0.2, -0.15) is 0 Å². The smallest absolute Gasteiger partial charge is 0.162 e. The first-order chi connectivity index (χ1) is 27.8. The predicted octanol–water partition coefficient (Wildman–Crippen LogP) is 13.9. The van der Waals surface area contributed by atoms with Crippen molar-refractivity contribution in [1.82, 2.24) is 9.97 Å². The highest BCUT2D eigenvalue weighted by atomic mass is 32.1. The van der Waals surface area contributed by atoms with Gasteiger partial charge in [0.1, 0.15) is 0 Å². The van der Waals surface area contributed by atoms with Crippen molar-refractivity contribution in [2.24, 2.45) is 0 Å². The highest BCUT2D eigenvalue weighted by Crippen LogP contribution is 2.63. The van der Waals surface area contributed by atoms with Crippen LogP contribution in [-0.4, -0.2) is 9.97 Å². The number of benzene rings is 8. The third-order valence-electron chi connectivity index (χ3n) is 11.9. The van der Waals surface area contributed by atoms with Crippen molar-refractivity contribution in [3.63, 3.8) is 0 Å². The average Bonchev–Trinajstić information content (AvgIpc) is 3.90. The minimum Gasteiger partial charge on any atom is -0.228 e. The van der Waals surface area contributed by atoms with Gasteiger partial charge in [0.05, 0.1) is 16.8 Å². The summed E-state index contributed by atoms with van der Waals surface area (Å²) in [5.74, 6) is 0.729. The van der Waals surface area contributed by atoms with E-state index < -0.39 is 5.41 Å². The molecule has 0 aliphatic heterocycles. The van der Waals surface area contributed by atoms with E-state index in [4.69, 9.17) is 9.97 Å².